The Labute approximate surface area is 242 Å². The average molecular weight is 581 g/mol. The van der Waals surface area contributed by atoms with E-state index in [0.717, 1.165) is 23.3 Å². The van der Waals surface area contributed by atoms with Gasteiger partial charge in [0.1, 0.15) is 5.75 Å². The summed E-state index contributed by atoms with van der Waals surface area (Å²) in [6.07, 6.45) is -3.17. The van der Waals surface area contributed by atoms with Crippen molar-refractivity contribution in [1.82, 2.24) is 10.4 Å². The number of nitrogens with one attached hydrogen (secondary N) is 1. The molecule has 0 saturated heterocycles. The van der Waals surface area contributed by atoms with Crippen LogP contribution >= 0.6 is 0 Å². The number of hydrogen-bond acceptors (Lipinski definition) is 7. The Balaban J connectivity index is 1.52. The smallest absolute Gasteiger partial charge is 0.416 e. The number of alkyl halides is 3. The van der Waals surface area contributed by atoms with Crippen LogP contribution in [0.2, 0.25) is 0 Å². The van der Waals surface area contributed by atoms with Gasteiger partial charge in [-0.3, -0.25) is 0 Å². The summed E-state index contributed by atoms with van der Waals surface area (Å²) in [6.45, 7) is 5.47. The maximum atomic E-state index is 13.1. The molecule has 0 radical (unpaired) electrons. The summed E-state index contributed by atoms with van der Waals surface area (Å²) in [5.41, 5.74) is 2.51. The molecule has 2 N–H and O–H groups in total. The van der Waals surface area contributed by atoms with Crippen LogP contribution in [0.1, 0.15) is 55.0 Å². The zero-order valence-electron chi connectivity index (χ0n) is 23.4. The van der Waals surface area contributed by atoms with Gasteiger partial charge in [0, 0.05) is 18.7 Å². The molecule has 3 aromatic rings. The molecule has 3 aromatic carbocycles. The Bertz CT molecular complexity index is 1480. The summed E-state index contributed by atoms with van der Waals surface area (Å²) < 4.78 is 44.9. The number of carbonyl (C=O) groups is 1. The Morgan fingerprint density at radius 1 is 1.10 bits per heavy atom. The number of ether oxygens (including phenoxy) is 1. The number of aliphatic imine (C=N–C) groups is 1. The zero-order chi connectivity index (χ0) is 30.5. The molecule has 0 bridgehead atoms. The van der Waals surface area contributed by atoms with Crippen LogP contribution in [-0.4, -0.2) is 34.1 Å². The van der Waals surface area contributed by atoms with Gasteiger partial charge < -0.3 is 14.7 Å². The second kappa shape index (κ2) is 12.1. The van der Waals surface area contributed by atoms with Crippen molar-refractivity contribution in [2.45, 2.75) is 57.7 Å². The number of hydrogen-bond donors (Lipinski definition) is 2. The van der Waals surface area contributed by atoms with Gasteiger partial charge in [-0.2, -0.15) is 18.4 Å². The van der Waals surface area contributed by atoms with Gasteiger partial charge in [-0.1, -0.05) is 36.4 Å². The first-order valence-electron chi connectivity index (χ1n) is 13.3. The molecule has 220 valence electrons. The van der Waals surface area contributed by atoms with Crippen molar-refractivity contribution in [1.29, 1.82) is 5.26 Å². The minimum absolute atomic E-state index is 0.271. The van der Waals surface area contributed by atoms with Crippen molar-refractivity contribution in [2.75, 3.05) is 6.54 Å². The van der Waals surface area contributed by atoms with Gasteiger partial charge in [0.05, 0.1) is 17.2 Å². The molecule has 1 aliphatic heterocycles. The number of benzene rings is 3. The topological polar surface area (TPSA) is 107 Å². The predicted molar refractivity (Wildman–Crippen MR) is 149 cm³/mol. The van der Waals surface area contributed by atoms with Crippen LogP contribution in [0.15, 0.2) is 77.8 Å². The number of aliphatic carboxylic acids is 1. The van der Waals surface area contributed by atoms with Crippen molar-refractivity contribution in [3.05, 3.63) is 101 Å². The fourth-order valence-electron chi connectivity index (χ4n) is 4.36. The van der Waals surface area contributed by atoms with Crippen molar-refractivity contribution in [3.8, 4) is 11.8 Å². The van der Waals surface area contributed by atoms with Crippen molar-refractivity contribution < 1.29 is 32.6 Å². The Kier molecular flexibility index (Phi) is 8.78. The third kappa shape index (κ3) is 7.39. The molecule has 1 unspecified atom stereocenters. The highest BCUT2D eigenvalue weighted by Gasteiger charge is 2.36. The molecule has 4 rings (SSSR count). The van der Waals surface area contributed by atoms with E-state index in [1.807, 2.05) is 11.0 Å². The largest absolute Gasteiger partial charge is 0.478 e. The van der Waals surface area contributed by atoms with E-state index in [1.165, 1.54) is 26.0 Å². The molecule has 0 aliphatic carbocycles. The fourth-order valence-corrected chi connectivity index (χ4v) is 4.36. The Morgan fingerprint density at radius 3 is 2.40 bits per heavy atom. The molecular formula is C31H31F3N4O4. The van der Waals surface area contributed by atoms with E-state index < -0.39 is 29.0 Å². The minimum atomic E-state index is -4.43. The quantitative estimate of drug-likeness (QED) is 0.302. The number of carboxylic acid groups (broad SMARTS) is 1. The number of carboxylic acids is 1. The lowest BCUT2D eigenvalue weighted by atomic mass is 10.0. The molecule has 0 aromatic heterocycles. The molecular weight excluding hydrogens is 549 g/mol. The third-order valence-electron chi connectivity index (χ3n) is 6.84. The van der Waals surface area contributed by atoms with E-state index in [1.54, 1.807) is 49.4 Å². The number of guanidine groups is 1. The number of nitriles is 1. The number of rotatable bonds is 10. The van der Waals surface area contributed by atoms with Crippen molar-refractivity contribution >= 4 is 11.9 Å². The highest BCUT2D eigenvalue weighted by atomic mass is 19.4. The summed E-state index contributed by atoms with van der Waals surface area (Å²) >= 11 is 0. The standard InChI is InChI=1S/C31H31F3N4O4/c1-29(2,27(39)40)41-26-8-4-6-21(18-26)7-5-17-38(20-23-11-15-25(16-12-23)31(32,33)34)28-36-30(3,42-37-28)24-13-9-22(19-35)10-14-24/h4,6,8-16,18H,5,7,17,20H2,1-3H3,(H,36,37)(H,39,40). The van der Waals surface area contributed by atoms with Crippen molar-refractivity contribution in [3.63, 3.8) is 0 Å². The highest BCUT2D eigenvalue weighted by Crippen LogP contribution is 2.32. The van der Waals surface area contributed by atoms with E-state index >= 15 is 0 Å². The molecule has 0 spiro atoms. The van der Waals surface area contributed by atoms with Crippen LogP contribution in [-0.2, 0) is 34.5 Å². The highest BCUT2D eigenvalue weighted by molar-refractivity contribution is 5.80. The van der Waals surface area contributed by atoms with Gasteiger partial charge in [-0.15, -0.1) is 0 Å². The molecule has 0 fully saturated rings. The summed E-state index contributed by atoms with van der Waals surface area (Å²) in [5, 5.41) is 18.5. The zero-order valence-corrected chi connectivity index (χ0v) is 23.4. The normalized spacial score (nSPS) is 16.7. The molecule has 8 nitrogen and oxygen atoms in total. The summed E-state index contributed by atoms with van der Waals surface area (Å²) in [6, 6.07) is 21.1. The molecule has 0 saturated carbocycles. The van der Waals surface area contributed by atoms with Crippen LogP contribution in [0.4, 0.5) is 13.2 Å². The molecule has 1 aliphatic rings. The molecule has 0 amide bonds. The van der Waals surface area contributed by atoms with Gasteiger partial charge in [-0.25, -0.2) is 20.1 Å². The maximum Gasteiger partial charge on any atom is 0.416 e. The first kappa shape index (κ1) is 30.4. The van der Waals surface area contributed by atoms with Gasteiger partial charge in [0.25, 0.3) is 0 Å². The first-order chi connectivity index (χ1) is 19.8. The van der Waals surface area contributed by atoms with E-state index in [2.05, 4.69) is 11.5 Å². The second-order valence-corrected chi connectivity index (χ2v) is 10.6. The van der Waals surface area contributed by atoms with E-state index in [4.69, 9.17) is 19.8 Å². The monoisotopic (exact) mass is 580 g/mol. The molecule has 42 heavy (non-hydrogen) atoms. The summed E-state index contributed by atoms with van der Waals surface area (Å²) in [4.78, 5) is 23.9. The van der Waals surface area contributed by atoms with Crippen LogP contribution in [0, 0.1) is 11.3 Å². The van der Waals surface area contributed by atoms with Crippen LogP contribution in [0.3, 0.4) is 0 Å². The maximum absolute atomic E-state index is 13.1. The van der Waals surface area contributed by atoms with Crippen LogP contribution in [0.25, 0.3) is 0 Å². The predicted octanol–water partition coefficient (Wildman–Crippen LogP) is 6.02. The third-order valence-corrected chi connectivity index (χ3v) is 6.84. The van der Waals surface area contributed by atoms with Gasteiger partial charge >= 0.3 is 12.1 Å². The Morgan fingerprint density at radius 2 is 1.79 bits per heavy atom. The lowest BCUT2D eigenvalue weighted by Crippen LogP contribution is -2.38. The number of halogens is 3. The molecule has 11 heteroatoms. The molecule has 1 atom stereocenters. The summed E-state index contributed by atoms with van der Waals surface area (Å²) in [7, 11) is 0. The summed E-state index contributed by atoms with van der Waals surface area (Å²) in [5.74, 6) is -0.219. The van der Waals surface area contributed by atoms with Crippen LogP contribution < -0.4 is 10.2 Å². The van der Waals surface area contributed by atoms with Gasteiger partial charge in [-0.05, 0) is 81.1 Å². The number of hydroxylamine groups is 1. The van der Waals surface area contributed by atoms with E-state index in [0.29, 0.717) is 42.2 Å². The Hall–Kier alpha value is -4.56. The fraction of sp³-hybridized carbons (Fsp3) is 0.323. The lowest BCUT2D eigenvalue weighted by molar-refractivity contribution is -0.152. The first-order valence-corrected chi connectivity index (χ1v) is 13.3. The van der Waals surface area contributed by atoms with Gasteiger partial charge in [0.2, 0.25) is 11.7 Å². The SMILES string of the molecule is CC(C)(Oc1cccc(CCCN(Cc2ccc(C(F)(F)F)cc2)C2=NC(C)(c3ccc(C#N)cc3)ON2)c1)C(=O)O. The van der Waals surface area contributed by atoms with E-state index in [9.17, 15) is 23.1 Å². The average Bonchev–Trinajstić information content (AvgIpc) is 3.35. The number of nitrogens with zero attached hydrogens (tertiary/aromatic N) is 3. The van der Waals surface area contributed by atoms with E-state index in [-0.39, 0.29) is 6.54 Å². The van der Waals surface area contributed by atoms with Crippen molar-refractivity contribution in [2.24, 2.45) is 4.99 Å². The van der Waals surface area contributed by atoms with Gasteiger partial charge in [0.15, 0.2) is 5.60 Å². The minimum Gasteiger partial charge on any atom is -0.478 e. The second-order valence-electron chi connectivity index (χ2n) is 10.6. The lowest BCUT2D eigenvalue weighted by Gasteiger charge is -2.24. The molecule has 1 heterocycles. The number of aryl methyl sites for hydroxylation is 1. The van der Waals surface area contributed by atoms with Crippen LogP contribution in [0.5, 0.6) is 5.75 Å².